The van der Waals surface area contributed by atoms with E-state index < -0.39 is 0 Å². The van der Waals surface area contributed by atoms with E-state index in [1.807, 2.05) is 31.3 Å². The van der Waals surface area contributed by atoms with E-state index in [0.29, 0.717) is 5.82 Å². The van der Waals surface area contributed by atoms with Gasteiger partial charge < -0.3 is 15.0 Å². The zero-order chi connectivity index (χ0) is 12.7. The monoisotopic (exact) mass is 242 g/mol. The van der Waals surface area contributed by atoms with Gasteiger partial charge in [-0.15, -0.1) is 0 Å². The van der Waals surface area contributed by atoms with Gasteiger partial charge in [0.25, 0.3) is 0 Å². The van der Waals surface area contributed by atoms with Crippen LogP contribution in [0.25, 0.3) is 22.3 Å². The number of nitrogens with two attached hydrogens (primary N) is 1. The van der Waals surface area contributed by atoms with Gasteiger partial charge in [-0.2, -0.15) is 5.10 Å². The predicted molar refractivity (Wildman–Crippen MR) is 71.5 cm³/mol. The number of fused-ring (bicyclic) bond motifs is 1. The summed E-state index contributed by atoms with van der Waals surface area (Å²) in [7, 11) is 3.68. The lowest BCUT2D eigenvalue weighted by Crippen LogP contribution is -1.92. The number of benzene rings is 1. The number of nitrogens with zero attached hydrogens (tertiary/aromatic N) is 2. The van der Waals surface area contributed by atoms with Gasteiger partial charge in [-0.1, -0.05) is 0 Å². The van der Waals surface area contributed by atoms with E-state index in [-0.39, 0.29) is 0 Å². The second-order valence-electron chi connectivity index (χ2n) is 4.22. The van der Waals surface area contributed by atoms with Crippen LogP contribution < -0.4 is 10.5 Å². The summed E-state index contributed by atoms with van der Waals surface area (Å²) in [6, 6.07) is 9.93. The van der Waals surface area contributed by atoms with Crippen molar-refractivity contribution in [2.45, 2.75) is 0 Å². The van der Waals surface area contributed by atoms with Crippen LogP contribution in [0.3, 0.4) is 0 Å². The van der Waals surface area contributed by atoms with Gasteiger partial charge in [0.1, 0.15) is 11.6 Å². The minimum Gasteiger partial charge on any atom is -0.497 e. The van der Waals surface area contributed by atoms with Gasteiger partial charge in [-0.25, -0.2) is 0 Å². The summed E-state index contributed by atoms with van der Waals surface area (Å²) >= 11 is 0. The fourth-order valence-electron chi connectivity index (χ4n) is 2.16. The Balaban J connectivity index is 2.22. The predicted octanol–water partition coefficient (Wildman–Crippen LogP) is 2.16. The van der Waals surface area contributed by atoms with Crippen LogP contribution in [0.15, 0.2) is 30.3 Å². The normalized spacial score (nSPS) is 11.0. The Morgan fingerprint density at radius 2 is 2.11 bits per heavy atom. The fraction of sp³-hybridized carbons (Fsp3) is 0.154. The van der Waals surface area contributed by atoms with Gasteiger partial charge in [0.2, 0.25) is 0 Å². The molecule has 0 amide bonds. The standard InChI is InChI=1S/C13H14N4O/c1-17-11-6-9(18-2)4-3-8(11)5-12(17)10-7-13(14)16-15-10/h3-7H,1-2H3,(H3,14,15,16). The summed E-state index contributed by atoms with van der Waals surface area (Å²) in [6.45, 7) is 0. The van der Waals surface area contributed by atoms with Gasteiger partial charge in [0.05, 0.1) is 24.0 Å². The summed E-state index contributed by atoms with van der Waals surface area (Å²) in [6.07, 6.45) is 0. The van der Waals surface area contributed by atoms with Crippen molar-refractivity contribution in [1.82, 2.24) is 14.8 Å². The molecule has 0 atom stereocenters. The summed E-state index contributed by atoms with van der Waals surface area (Å²) < 4.78 is 7.33. The quantitative estimate of drug-likeness (QED) is 0.723. The number of aromatic amines is 1. The molecule has 0 bridgehead atoms. The first kappa shape index (κ1) is 10.7. The molecule has 0 radical (unpaired) electrons. The molecule has 0 aliphatic rings. The number of anilines is 1. The highest BCUT2D eigenvalue weighted by molar-refractivity contribution is 5.87. The topological polar surface area (TPSA) is 68.9 Å². The maximum absolute atomic E-state index is 5.63. The molecule has 0 spiro atoms. The molecule has 5 nitrogen and oxygen atoms in total. The molecular weight excluding hydrogens is 228 g/mol. The lowest BCUT2D eigenvalue weighted by atomic mass is 10.2. The van der Waals surface area contributed by atoms with Crippen LogP contribution in [0.1, 0.15) is 0 Å². The second-order valence-corrected chi connectivity index (χ2v) is 4.22. The highest BCUT2D eigenvalue weighted by Crippen LogP contribution is 2.29. The maximum Gasteiger partial charge on any atom is 0.145 e. The zero-order valence-electron chi connectivity index (χ0n) is 10.3. The Hall–Kier alpha value is -2.43. The van der Waals surface area contributed by atoms with Crippen molar-refractivity contribution < 1.29 is 4.74 Å². The summed E-state index contributed by atoms with van der Waals surface area (Å²) in [4.78, 5) is 0. The number of aromatic nitrogens is 3. The lowest BCUT2D eigenvalue weighted by Gasteiger charge is -2.03. The number of rotatable bonds is 2. The molecule has 92 valence electrons. The SMILES string of the molecule is COc1ccc2cc(-c3cc(N)n[nH]3)n(C)c2c1. The summed E-state index contributed by atoms with van der Waals surface area (Å²) in [5.74, 6) is 1.34. The van der Waals surface area contributed by atoms with Gasteiger partial charge in [0, 0.05) is 24.6 Å². The van der Waals surface area contributed by atoms with E-state index in [4.69, 9.17) is 10.5 Å². The first-order chi connectivity index (χ1) is 8.69. The second kappa shape index (κ2) is 3.80. The highest BCUT2D eigenvalue weighted by atomic mass is 16.5. The first-order valence-corrected chi connectivity index (χ1v) is 5.64. The fourth-order valence-corrected chi connectivity index (χ4v) is 2.16. The van der Waals surface area contributed by atoms with Crippen LogP contribution >= 0.6 is 0 Å². The van der Waals surface area contributed by atoms with Gasteiger partial charge in [-0.05, 0) is 18.2 Å². The molecule has 0 aliphatic carbocycles. The molecule has 2 aromatic heterocycles. The molecule has 2 heterocycles. The van der Waals surface area contributed by atoms with E-state index in [9.17, 15) is 0 Å². The van der Waals surface area contributed by atoms with Crippen molar-refractivity contribution in [2.24, 2.45) is 7.05 Å². The van der Waals surface area contributed by atoms with Crippen molar-refractivity contribution in [2.75, 3.05) is 12.8 Å². The first-order valence-electron chi connectivity index (χ1n) is 5.64. The number of nitrogens with one attached hydrogen (secondary N) is 1. The van der Waals surface area contributed by atoms with Crippen molar-refractivity contribution in [1.29, 1.82) is 0 Å². The molecule has 0 unspecified atom stereocenters. The molecule has 0 saturated carbocycles. The number of hydrogen-bond acceptors (Lipinski definition) is 3. The molecule has 1 aromatic carbocycles. The number of nitrogen functional groups attached to an aromatic ring is 1. The number of ether oxygens (including phenoxy) is 1. The van der Waals surface area contributed by atoms with Crippen molar-refractivity contribution in [3.05, 3.63) is 30.3 Å². The van der Waals surface area contributed by atoms with E-state index in [2.05, 4.69) is 20.8 Å². The van der Waals surface area contributed by atoms with E-state index in [1.165, 1.54) is 0 Å². The Morgan fingerprint density at radius 3 is 2.78 bits per heavy atom. The molecular formula is C13H14N4O. The molecule has 18 heavy (non-hydrogen) atoms. The van der Waals surface area contributed by atoms with Crippen LogP contribution in [0, 0.1) is 0 Å². The molecule has 0 saturated heterocycles. The Morgan fingerprint density at radius 1 is 1.28 bits per heavy atom. The van der Waals surface area contributed by atoms with Crippen LogP contribution in [0.4, 0.5) is 5.82 Å². The summed E-state index contributed by atoms with van der Waals surface area (Å²) in [5, 5.41) is 8.03. The molecule has 0 aliphatic heterocycles. The number of methoxy groups -OCH3 is 1. The molecule has 0 fully saturated rings. The Bertz CT molecular complexity index is 711. The third kappa shape index (κ3) is 1.52. The molecule has 3 aromatic rings. The number of H-pyrrole nitrogens is 1. The van der Waals surface area contributed by atoms with Crippen LogP contribution in [0.2, 0.25) is 0 Å². The average Bonchev–Trinajstić information content (AvgIpc) is 2.94. The Kier molecular flexibility index (Phi) is 2.26. The van der Waals surface area contributed by atoms with Crippen LogP contribution in [0.5, 0.6) is 5.75 Å². The molecule has 5 heteroatoms. The largest absolute Gasteiger partial charge is 0.497 e. The third-order valence-electron chi connectivity index (χ3n) is 3.13. The van der Waals surface area contributed by atoms with Crippen molar-refractivity contribution in [3.63, 3.8) is 0 Å². The third-order valence-corrected chi connectivity index (χ3v) is 3.13. The van der Waals surface area contributed by atoms with E-state index in [0.717, 1.165) is 28.0 Å². The minimum atomic E-state index is 0.493. The van der Waals surface area contributed by atoms with Gasteiger partial charge in [0.15, 0.2) is 0 Å². The Labute approximate surface area is 104 Å². The zero-order valence-corrected chi connectivity index (χ0v) is 10.3. The summed E-state index contributed by atoms with van der Waals surface area (Å²) in [5.41, 5.74) is 8.69. The van der Waals surface area contributed by atoms with E-state index in [1.54, 1.807) is 7.11 Å². The van der Waals surface area contributed by atoms with E-state index >= 15 is 0 Å². The molecule has 3 N–H and O–H groups in total. The van der Waals surface area contributed by atoms with Crippen molar-refractivity contribution in [3.8, 4) is 17.1 Å². The molecule has 3 rings (SSSR count). The highest BCUT2D eigenvalue weighted by Gasteiger charge is 2.10. The van der Waals surface area contributed by atoms with Crippen LogP contribution in [-0.4, -0.2) is 21.9 Å². The van der Waals surface area contributed by atoms with Gasteiger partial charge in [-0.3, -0.25) is 5.10 Å². The number of hydrogen-bond donors (Lipinski definition) is 2. The number of aryl methyl sites for hydroxylation is 1. The minimum absolute atomic E-state index is 0.493. The lowest BCUT2D eigenvalue weighted by molar-refractivity contribution is 0.415. The average molecular weight is 242 g/mol. The smallest absolute Gasteiger partial charge is 0.145 e. The maximum atomic E-state index is 5.63. The van der Waals surface area contributed by atoms with Gasteiger partial charge >= 0.3 is 0 Å². The van der Waals surface area contributed by atoms with Crippen LogP contribution in [-0.2, 0) is 7.05 Å². The van der Waals surface area contributed by atoms with Crippen molar-refractivity contribution >= 4 is 16.7 Å².